The van der Waals surface area contributed by atoms with Crippen molar-refractivity contribution in [1.29, 1.82) is 0 Å². The lowest BCUT2D eigenvalue weighted by molar-refractivity contribution is 0.0698. The maximum atomic E-state index is 10.9. The SMILES string of the molecule is CNc1cc(C(=O)O)c(NC)n1NC. The Morgan fingerprint density at radius 2 is 2.00 bits per heavy atom. The summed E-state index contributed by atoms with van der Waals surface area (Å²) in [5.74, 6) is 0.249. The number of carboxylic acids is 1. The fraction of sp³-hybridized carbons (Fsp3) is 0.375. The molecule has 1 heterocycles. The van der Waals surface area contributed by atoms with Crippen LogP contribution in [-0.4, -0.2) is 36.9 Å². The summed E-state index contributed by atoms with van der Waals surface area (Å²) in [6.45, 7) is 0. The molecule has 1 aromatic heterocycles. The van der Waals surface area contributed by atoms with Gasteiger partial charge in [0.1, 0.15) is 17.2 Å². The first-order valence-electron chi connectivity index (χ1n) is 4.18. The molecule has 0 saturated carbocycles. The third-order valence-electron chi connectivity index (χ3n) is 1.95. The lowest BCUT2D eigenvalue weighted by Crippen LogP contribution is -2.15. The van der Waals surface area contributed by atoms with Crippen molar-refractivity contribution in [2.24, 2.45) is 0 Å². The summed E-state index contributed by atoms with van der Waals surface area (Å²) in [5.41, 5.74) is 3.10. The Morgan fingerprint density at radius 1 is 1.36 bits per heavy atom. The van der Waals surface area contributed by atoms with Crippen LogP contribution >= 0.6 is 0 Å². The Labute approximate surface area is 81.9 Å². The molecule has 78 valence electrons. The number of hydrogen-bond acceptors (Lipinski definition) is 4. The van der Waals surface area contributed by atoms with Gasteiger partial charge in [0, 0.05) is 21.1 Å². The quantitative estimate of drug-likeness (QED) is 0.564. The van der Waals surface area contributed by atoms with Gasteiger partial charge in [-0.15, -0.1) is 0 Å². The van der Waals surface area contributed by atoms with Crippen LogP contribution < -0.4 is 16.1 Å². The smallest absolute Gasteiger partial charge is 0.339 e. The molecule has 14 heavy (non-hydrogen) atoms. The van der Waals surface area contributed by atoms with Gasteiger partial charge in [-0.1, -0.05) is 0 Å². The van der Waals surface area contributed by atoms with Crippen molar-refractivity contribution in [3.8, 4) is 0 Å². The number of carbonyl (C=O) groups is 1. The lowest BCUT2D eigenvalue weighted by Gasteiger charge is -2.11. The molecule has 0 amide bonds. The second-order valence-electron chi connectivity index (χ2n) is 2.66. The first-order valence-corrected chi connectivity index (χ1v) is 4.18. The molecule has 6 nitrogen and oxygen atoms in total. The highest BCUT2D eigenvalue weighted by Gasteiger charge is 2.17. The summed E-state index contributed by atoms with van der Waals surface area (Å²) in [4.78, 5) is 10.9. The van der Waals surface area contributed by atoms with Crippen molar-refractivity contribution >= 4 is 17.6 Å². The van der Waals surface area contributed by atoms with E-state index in [0.29, 0.717) is 11.6 Å². The van der Waals surface area contributed by atoms with E-state index < -0.39 is 5.97 Å². The van der Waals surface area contributed by atoms with Gasteiger partial charge in [-0.2, -0.15) is 0 Å². The maximum absolute atomic E-state index is 10.9. The van der Waals surface area contributed by atoms with Crippen molar-refractivity contribution in [2.45, 2.75) is 0 Å². The summed E-state index contributed by atoms with van der Waals surface area (Å²) < 4.78 is 1.63. The van der Waals surface area contributed by atoms with Crippen molar-refractivity contribution in [3.05, 3.63) is 11.6 Å². The molecule has 6 heteroatoms. The zero-order valence-electron chi connectivity index (χ0n) is 8.38. The Morgan fingerprint density at radius 3 is 2.36 bits per heavy atom. The molecular weight excluding hydrogens is 184 g/mol. The van der Waals surface area contributed by atoms with Crippen LogP contribution in [0.5, 0.6) is 0 Å². The van der Waals surface area contributed by atoms with Crippen molar-refractivity contribution in [1.82, 2.24) is 4.68 Å². The molecule has 1 rings (SSSR count). The summed E-state index contributed by atoms with van der Waals surface area (Å²) in [6.07, 6.45) is 0. The molecule has 0 fully saturated rings. The third-order valence-corrected chi connectivity index (χ3v) is 1.95. The van der Waals surface area contributed by atoms with E-state index in [9.17, 15) is 4.79 Å². The average molecular weight is 198 g/mol. The summed E-state index contributed by atoms with van der Waals surface area (Å²) in [5, 5.41) is 14.6. The zero-order valence-corrected chi connectivity index (χ0v) is 8.38. The zero-order chi connectivity index (χ0) is 10.7. The van der Waals surface area contributed by atoms with Crippen LogP contribution in [0.15, 0.2) is 6.07 Å². The summed E-state index contributed by atoms with van der Waals surface area (Å²) in [6, 6.07) is 1.56. The van der Waals surface area contributed by atoms with Gasteiger partial charge in [-0.05, 0) is 6.07 Å². The van der Waals surface area contributed by atoms with Crippen molar-refractivity contribution in [3.63, 3.8) is 0 Å². The van der Waals surface area contributed by atoms with Crippen LogP contribution in [0, 0.1) is 0 Å². The molecule has 4 N–H and O–H groups in total. The lowest BCUT2D eigenvalue weighted by atomic mass is 10.3. The highest BCUT2D eigenvalue weighted by atomic mass is 16.4. The molecule has 0 bridgehead atoms. The highest BCUT2D eigenvalue weighted by Crippen LogP contribution is 2.23. The fourth-order valence-corrected chi connectivity index (χ4v) is 1.34. The van der Waals surface area contributed by atoms with Gasteiger partial charge in [-0.25, -0.2) is 9.47 Å². The van der Waals surface area contributed by atoms with Gasteiger partial charge in [0.25, 0.3) is 0 Å². The number of carboxylic acid groups (broad SMARTS) is 1. The number of rotatable bonds is 4. The first-order chi connectivity index (χ1) is 6.65. The minimum absolute atomic E-state index is 0.228. The van der Waals surface area contributed by atoms with Gasteiger partial charge >= 0.3 is 5.97 Å². The van der Waals surface area contributed by atoms with Crippen molar-refractivity contribution in [2.75, 3.05) is 37.2 Å². The fourth-order valence-electron chi connectivity index (χ4n) is 1.34. The predicted molar refractivity (Wildman–Crippen MR) is 55.8 cm³/mol. The van der Waals surface area contributed by atoms with E-state index >= 15 is 0 Å². The van der Waals surface area contributed by atoms with E-state index in [-0.39, 0.29) is 5.56 Å². The molecule has 0 saturated heterocycles. The minimum Gasteiger partial charge on any atom is -0.478 e. The van der Waals surface area contributed by atoms with Crippen LogP contribution in [0.4, 0.5) is 11.6 Å². The average Bonchev–Trinajstić information content (AvgIpc) is 2.54. The van der Waals surface area contributed by atoms with Gasteiger partial charge in [0.15, 0.2) is 0 Å². The minimum atomic E-state index is -0.958. The van der Waals surface area contributed by atoms with E-state index in [2.05, 4.69) is 16.1 Å². The second kappa shape index (κ2) is 3.91. The molecule has 1 aromatic rings. The number of nitrogens with zero attached hydrogens (tertiary/aromatic N) is 1. The van der Waals surface area contributed by atoms with E-state index in [4.69, 9.17) is 5.11 Å². The Balaban J connectivity index is 3.31. The van der Waals surface area contributed by atoms with Crippen molar-refractivity contribution < 1.29 is 9.90 Å². The summed E-state index contributed by atoms with van der Waals surface area (Å²) in [7, 11) is 5.12. The monoisotopic (exact) mass is 198 g/mol. The van der Waals surface area contributed by atoms with Crippen LogP contribution in [-0.2, 0) is 0 Å². The number of hydrogen-bond donors (Lipinski definition) is 4. The standard InChI is InChI=1S/C8H14N4O2/c1-9-6-4-5(8(13)14)7(10-2)12(6)11-3/h4,9-11H,1-3H3,(H,13,14). The topological polar surface area (TPSA) is 78.3 Å². The number of aromatic nitrogens is 1. The van der Waals surface area contributed by atoms with Crippen LogP contribution in [0.25, 0.3) is 0 Å². The van der Waals surface area contributed by atoms with Gasteiger partial charge < -0.3 is 21.2 Å². The second-order valence-corrected chi connectivity index (χ2v) is 2.66. The molecule has 0 unspecified atom stereocenters. The number of aromatic carboxylic acids is 1. The molecule has 0 aliphatic carbocycles. The maximum Gasteiger partial charge on any atom is 0.339 e. The molecule has 0 aromatic carbocycles. The number of nitrogens with one attached hydrogen (secondary N) is 3. The molecule has 0 spiro atoms. The molecule has 0 aliphatic rings. The van der Waals surface area contributed by atoms with Crippen LogP contribution in [0.3, 0.4) is 0 Å². The first kappa shape index (κ1) is 10.2. The molecular formula is C8H14N4O2. The van der Waals surface area contributed by atoms with Crippen LogP contribution in [0.2, 0.25) is 0 Å². The van der Waals surface area contributed by atoms with Gasteiger partial charge in [0.05, 0.1) is 0 Å². The predicted octanol–water partition coefficient (Wildman–Crippen LogP) is 0.443. The molecule has 0 atom stereocenters. The number of anilines is 2. The van der Waals surface area contributed by atoms with Gasteiger partial charge in [0.2, 0.25) is 0 Å². The molecule has 0 radical (unpaired) electrons. The normalized spacial score (nSPS) is 9.64. The Hall–Kier alpha value is -1.85. The Kier molecular flexibility index (Phi) is 2.85. The summed E-state index contributed by atoms with van der Waals surface area (Å²) >= 11 is 0. The van der Waals surface area contributed by atoms with E-state index in [1.165, 1.54) is 0 Å². The molecule has 0 aliphatic heterocycles. The highest BCUT2D eigenvalue weighted by molar-refractivity contribution is 5.95. The van der Waals surface area contributed by atoms with Gasteiger partial charge in [-0.3, -0.25) is 0 Å². The van der Waals surface area contributed by atoms with E-state index in [0.717, 1.165) is 0 Å². The largest absolute Gasteiger partial charge is 0.478 e. The van der Waals surface area contributed by atoms with E-state index in [1.54, 1.807) is 31.9 Å². The van der Waals surface area contributed by atoms with Crippen LogP contribution in [0.1, 0.15) is 10.4 Å². The van der Waals surface area contributed by atoms with E-state index in [1.807, 2.05) is 0 Å². The Bertz CT molecular complexity index is 345. The third kappa shape index (κ3) is 1.46.